The Morgan fingerprint density at radius 1 is 1.07 bits per heavy atom. The third-order valence-electron chi connectivity index (χ3n) is 4.59. The molecule has 0 saturated carbocycles. The summed E-state index contributed by atoms with van der Waals surface area (Å²) in [5.74, 6) is -0.350. The molecular formula is C21H20N4O2. The van der Waals surface area contributed by atoms with Crippen LogP contribution in [0.2, 0.25) is 0 Å². The average molecular weight is 360 g/mol. The molecule has 1 N–H and O–H groups in total. The lowest BCUT2D eigenvalue weighted by Crippen LogP contribution is -2.24. The summed E-state index contributed by atoms with van der Waals surface area (Å²) in [6, 6.07) is 17.7. The van der Waals surface area contributed by atoms with Crippen LogP contribution in [0, 0.1) is 0 Å². The first-order chi connectivity index (χ1) is 13.2. The highest BCUT2D eigenvalue weighted by atomic mass is 16.4. The van der Waals surface area contributed by atoms with Gasteiger partial charge in [0.1, 0.15) is 0 Å². The molecule has 6 heteroatoms. The number of oxazole rings is 1. The SMILES string of the molecule is Cn1c(=O)oc2cc(CNC(Cc3ccccn3)c3ccccn3)ccc21. The molecule has 1 aromatic carbocycles. The van der Waals surface area contributed by atoms with Gasteiger partial charge in [-0.15, -0.1) is 0 Å². The fourth-order valence-corrected chi connectivity index (χ4v) is 3.12. The van der Waals surface area contributed by atoms with E-state index in [1.54, 1.807) is 19.4 Å². The normalized spacial score (nSPS) is 12.3. The second-order valence-electron chi connectivity index (χ2n) is 6.44. The summed E-state index contributed by atoms with van der Waals surface area (Å²) in [5.41, 5.74) is 4.40. The molecule has 27 heavy (non-hydrogen) atoms. The number of rotatable bonds is 6. The number of nitrogens with zero attached hydrogens (tertiary/aromatic N) is 3. The number of aryl methyl sites for hydroxylation is 1. The van der Waals surface area contributed by atoms with Crippen LogP contribution < -0.4 is 11.1 Å². The summed E-state index contributed by atoms with van der Waals surface area (Å²) in [4.78, 5) is 20.6. The maximum atomic E-state index is 11.7. The Hall–Kier alpha value is -3.25. The van der Waals surface area contributed by atoms with E-state index in [0.29, 0.717) is 12.1 Å². The monoisotopic (exact) mass is 360 g/mol. The van der Waals surface area contributed by atoms with Crippen molar-refractivity contribution < 1.29 is 4.42 Å². The van der Waals surface area contributed by atoms with Crippen molar-refractivity contribution in [3.05, 3.63) is 94.5 Å². The topological polar surface area (TPSA) is 73.0 Å². The summed E-state index contributed by atoms with van der Waals surface area (Å²) in [6.07, 6.45) is 4.34. The van der Waals surface area contributed by atoms with Gasteiger partial charge in [0.25, 0.3) is 0 Å². The van der Waals surface area contributed by atoms with Gasteiger partial charge in [-0.2, -0.15) is 0 Å². The lowest BCUT2D eigenvalue weighted by Gasteiger charge is -2.18. The number of pyridine rings is 2. The molecule has 1 atom stereocenters. The van der Waals surface area contributed by atoms with Crippen molar-refractivity contribution in [1.82, 2.24) is 19.9 Å². The van der Waals surface area contributed by atoms with Crippen molar-refractivity contribution >= 4 is 11.1 Å². The highest BCUT2D eigenvalue weighted by Gasteiger charge is 2.14. The van der Waals surface area contributed by atoms with E-state index in [0.717, 1.165) is 28.9 Å². The third-order valence-corrected chi connectivity index (χ3v) is 4.59. The van der Waals surface area contributed by atoms with Crippen LogP contribution in [0.1, 0.15) is 23.0 Å². The fraction of sp³-hybridized carbons (Fsp3) is 0.190. The molecule has 0 aliphatic carbocycles. The Bertz CT molecular complexity index is 1090. The van der Waals surface area contributed by atoms with Gasteiger partial charge < -0.3 is 9.73 Å². The molecule has 0 spiro atoms. The molecule has 4 rings (SSSR count). The predicted molar refractivity (Wildman–Crippen MR) is 103 cm³/mol. The average Bonchev–Trinajstić information content (AvgIpc) is 3.00. The molecule has 0 aliphatic rings. The quantitative estimate of drug-likeness (QED) is 0.572. The minimum absolute atomic E-state index is 0.0274. The molecule has 0 fully saturated rings. The van der Waals surface area contributed by atoms with Gasteiger partial charge in [-0.25, -0.2) is 4.79 Å². The van der Waals surface area contributed by atoms with Crippen LogP contribution in [0.4, 0.5) is 0 Å². The minimum atomic E-state index is -0.350. The van der Waals surface area contributed by atoms with Crippen LogP contribution in [0.5, 0.6) is 0 Å². The van der Waals surface area contributed by atoms with Crippen LogP contribution in [-0.2, 0) is 20.0 Å². The van der Waals surface area contributed by atoms with Gasteiger partial charge in [-0.05, 0) is 42.0 Å². The van der Waals surface area contributed by atoms with Crippen molar-refractivity contribution in [1.29, 1.82) is 0 Å². The Balaban J connectivity index is 1.55. The molecule has 1 unspecified atom stereocenters. The Labute approximate surface area is 156 Å². The van der Waals surface area contributed by atoms with E-state index in [1.165, 1.54) is 4.57 Å². The van der Waals surface area contributed by atoms with Crippen LogP contribution in [0.25, 0.3) is 11.1 Å². The molecule has 6 nitrogen and oxygen atoms in total. The number of hydrogen-bond donors (Lipinski definition) is 1. The van der Waals surface area contributed by atoms with E-state index in [4.69, 9.17) is 4.42 Å². The number of fused-ring (bicyclic) bond motifs is 1. The lowest BCUT2D eigenvalue weighted by atomic mass is 10.1. The van der Waals surface area contributed by atoms with Crippen molar-refractivity contribution in [2.24, 2.45) is 7.05 Å². The molecule has 0 radical (unpaired) electrons. The van der Waals surface area contributed by atoms with Crippen molar-refractivity contribution in [3.63, 3.8) is 0 Å². The summed E-state index contributed by atoms with van der Waals surface area (Å²) in [6.45, 7) is 0.628. The largest absolute Gasteiger partial charge is 0.419 e. The standard InChI is InChI=1S/C21H20N4O2/c1-25-19-9-8-15(12-20(19)27-21(25)26)14-24-18(17-7-3-5-11-23-17)13-16-6-2-4-10-22-16/h2-12,18,24H,13-14H2,1H3. The molecular weight excluding hydrogens is 340 g/mol. The van der Waals surface area contributed by atoms with Gasteiger partial charge in [0.15, 0.2) is 5.58 Å². The highest BCUT2D eigenvalue weighted by molar-refractivity contribution is 5.73. The number of aromatic nitrogens is 3. The number of hydrogen-bond acceptors (Lipinski definition) is 5. The van der Waals surface area contributed by atoms with E-state index >= 15 is 0 Å². The van der Waals surface area contributed by atoms with Gasteiger partial charge in [-0.3, -0.25) is 14.5 Å². The lowest BCUT2D eigenvalue weighted by molar-refractivity contribution is 0.511. The molecule has 0 saturated heterocycles. The maximum absolute atomic E-state index is 11.7. The minimum Gasteiger partial charge on any atom is -0.408 e. The van der Waals surface area contributed by atoms with E-state index in [-0.39, 0.29) is 11.8 Å². The van der Waals surface area contributed by atoms with E-state index in [1.807, 2.05) is 54.6 Å². The van der Waals surface area contributed by atoms with Gasteiger partial charge in [0.05, 0.1) is 17.3 Å². The highest BCUT2D eigenvalue weighted by Crippen LogP contribution is 2.18. The zero-order valence-corrected chi connectivity index (χ0v) is 15.0. The number of nitrogens with one attached hydrogen (secondary N) is 1. The molecule has 0 aliphatic heterocycles. The Kier molecular flexibility index (Phi) is 4.80. The fourth-order valence-electron chi connectivity index (χ4n) is 3.12. The van der Waals surface area contributed by atoms with Crippen molar-refractivity contribution in [3.8, 4) is 0 Å². The summed E-state index contributed by atoms with van der Waals surface area (Å²) >= 11 is 0. The first-order valence-corrected chi connectivity index (χ1v) is 8.83. The summed E-state index contributed by atoms with van der Waals surface area (Å²) in [5, 5.41) is 3.56. The van der Waals surface area contributed by atoms with E-state index in [9.17, 15) is 4.79 Å². The van der Waals surface area contributed by atoms with Gasteiger partial charge >= 0.3 is 5.76 Å². The third kappa shape index (κ3) is 3.80. The first-order valence-electron chi connectivity index (χ1n) is 8.83. The maximum Gasteiger partial charge on any atom is 0.419 e. The van der Waals surface area contributed by atoms with Crippen molar-refractivity contribution in [2.75, 3.05) is 0 Å². The Morgan fingerprint density at radius 3 is 2.63 bits per heavy atom. The first kappa shape index (κ1) is 17.2. The van der Waals surface area contributed by atoms with Crippen LogP contribution >= 0.6 is 0 Å². The molecule has 3 aromatic heterocycles. The van der Waals surface area contributed by atoms with Crippen LogP contribution in [-0.4, -0.2) is 14.5 Å². The second-order valence-corrected chi connectivity index (χ2v) is 6.44. The van der Waals surface area contributed by atoms with Gasteiger partial charge in [-0.1, -0.05) is 18.2 Å². The van der Waals surface area contributed by atoms with Gasteiger partial charge in [0.2, 0.25) is 0 Å². The summed E-state index contributed by atoms with van der Waals surface area (Å²) < 4.78 is 6.79. The molecule has 4 aromatic rings. The zero-order chi connectivity index (χ0) is 18.6. The van der Waals surface area contributed by atoms with Crippen LogP contribution in [0.3, 0.4) is 0 Å². The number of benzene rings is 1. The van der Waals surface area contributed by atoms with E-state index in [2.05, 4.69) is 15.3 Å². The zero-order valence-electron chi connectivity index (χ0n) is 15.0. The predicted octanol–water partition coefficient (Wildman–Crippen LogP) is 3.00. The summed E-state index contributed by atoms with van der Waals surface area (Å²) in [7, 11) is 1.70. The van der Waals surface area contributed by atoms with Crippen LogP contribution in [0.15, 0.2) is 76.2 Å². The molecule has 0 bridgehead atoms. The Morgan fingerprint density at radius 2 is 1.89 bits per heavy atom. The molecule has 0 amide bonds. The molecule has 136 valence electrons. The van der Waals surface area contributed by atoms with Gasteiger partial charge in [0, 0.05) is 38.1 Å². The molecule has 3 heterocycles. The second kappa shape index (κ2) is 7.55. The smallest absolute Gasteiger partial charge is 0.408 e. The van der Waals surface area contributed by atoms with E-state index < -0.39 is 0 Å². The van der Waals surface area contributed by atoms with Crippen molar-refractivity contribution in [2.45, 2.75) is 19.0 Å².